The molecule has 0 saturated heterocycles. The summed E-state index contributed by atoms with van der Waals surface area (Å²) in [4.78, 5) is 10.5. The highest BCUT2D eigenvalue weighted by atomic mass is 79.9. The Morgan fingerprint density at radius 3 is 2.80 bits per heavy atom. The summed E-state index contributed by atoms with van der Waals surface area (Å²) in [5.74, 6) is -1.30. The van der Waals surface area contributed by atoms with Crippen LogP contribution in [0.3, 0.4) is 0 Å². The average Bonchev–Trinajstić information content (AvgIpc) is 2.61. The Bertz CT molecular complexity index is 517. The van der Waals surface area contributed by atoms with E-state index in [1.165, 1.54) is 6.07 Å². The van der Waals surface area contributed by atoms with Crippen molar-refractivity contribution >= 4 is 32.9 Å². The van der Waals surface area contributed by atoms with Crippen LogP contribution in [0.1, 0.15) is 11.9 Å². The van der Waals surface area contributed by atoms with Crippen molar-refractivity contribution in [2.75, 3.05) is 0 Å². The fraction of sp³-hybridized carbons (Fsp3) is 0.100. The van der Waals surface area contributed by atoms with E-state index in [0.29, 0.717) is 5.58 Å². The van der Waals surface area contributed by atoms with E-state index in [-0.39, 0.29) is 5.76 Å². The van der Waals surface area contributed by atoms with Crippen molar-refractivity contribution in [1.82, 2.24) is 0 Å². The molecule has 5 heteroatoms. The molecule has 0 fully saturated rings. The maximum Gasteiger partial charge on any atom is 0.340 e. The monoisotopic (exact) mass is 270 g/mol. The van der Waals surface area contributed by atoms with E-state index in [1.807, 2.05) is 6.07 Å². The topological polar surface area (TPSA) is 70.7 Å². The lowest BCUT2D eigenvalue weighted by Gasteiger charge is -1.98. The first-order chi connectivity index (χ1) is 7.09. The molecule has 0 spiro atoms. The maximum absolute atomic E-state index is 10.5. The van der Waals surface area contributed by atoms with Gasteiger partial charge in [-0.25, -0.2) is 4.79 Å². The Balaban J connectivity index is 2.56. The van der Waals surface area contributed by atoms with Crippen molar-refractivity contribution in [3.8, 4) is 0 Å². The third-order valence-corrected chi connectivity index (χ3v) is 2.72. The van der Waals surface area contributed by atoms with Gasteiger partial charge in [0.15, 0.2) is 0 Å². The zero-order chi connectivity index (χ0) is 11.0. The highest BCUT2D eigenvalue weighted by molar-refractivity contribution is 9.10. The molecule has 2 rings (SSSR count). The second-order valence-electron chi connectivity index (χ2n) is 3.04. The van der Waals surface area contributed by atoms with E-state index in [2.05, 4.69) is 15.9 Å². The zero-order valence-corrected chi connectivity index (χ0v) is 9.06. The van der Waals surface area contributed by atoms with Crippen molar-refractivity contribution in [1.29, 1.82) is 0 Å². The van der Waals surface area contributed by atoms with E-state index < -0.39 is 12.1 Å². The van der Waals surface area contributed by atoms with Crippen molar-refractivity contribution < 1.29 is 19.4 Å². The molecule has 78 valence electrons. The smallest absolute Gasteiger partial charge is 0.340 e. The van der Waals surface area contributed by atoms with Crippen LogP contribution in [0.5, 0.6) is 0 Å². The molecule has 4 nitrogen and oxygen atoms in total. The second-order valence-corrected chi connectivity index (χ2v) is 3.90. The van der Waals surface area contributed by atoms with Crippen molar-refractivity contribution in [2.24, 2.45) is 0 Å². The largest absolute Gasteiger partial charge is 0.479 e. The lowest BCUT2D eigenvalue weighted by atomic mass is 10.2. The van der Waals surface area contributed by atoms with Gasteiger partial charge in [0, 0.05) is 9.86 Å². The molecule has 0 saturated carbocycles. The number of furan rings is 1. The van der Waals surface area contributed by atoms with Crippen LogP contribution in [0.25, 0.3) is 11.0 Å². The number of carbonyl (C=O) groups is 1. The van der Waals surface area contributed by atoms with Crippen LogP contribution in [-0.4, -0.2) is 16.2 Å². The Labute approximate surface area is 93.3 Å². The molecule has 0 aliphatic rings. The Morgan fingerprint density at radius 1 is 1.47 bits per heavy atom. The number of hydrogen-bond donors (Lipinski definition) is 2. The number of rotatable bonds is 2. The van der Waals surface area contributed by atoms with Gasteiger partial charge in [0.2, 0.25) is 6.10 Å². The Kier molecular flexibility index (Phi) is 2.50. The number of fused-ring (bicyclic) bond motifs is 1. The van der Waals surface area contributed by atoms with Crippen molar-refractivity contribution in [2.45, 2.75) is 6.10 Å². The first-order valence-electron chi connectivity index (χ1n) is 4.18. The Morgan fingerprint density at radius 2 is 2.20 bits per heavy atom. The first-order valence-corrected chi connectivity index (χ1v) is 4.97. The van der Waals surface area contributed by atoms with Gasteiger partial charge in [0.1, 0.15) is 11.3 Å². The van der Waals surface area contributed by atoms with Crippen LogP contribution in [0, 0.1) is 0 Å². The molecule has 1 unspecified atom stereocenters. The van der Waals surface area contributed by atoms with Crippen molar-refractivity contribution in [3.63, 3.8) is 0 Å². The molecule has 0 bridgehead atoms. The van der Waals surface area contributed by atoms with Crippen LogP contribution in [0.15, 0.2) is 33.2 Å². The van der Waals surface area contributed by atoms with Crippen LogP contribution in [0.4, 0.5) is 0 Å². The van der Waals surface area contributed by atoms with Crippen LogP contribution < -0.4 is 0 Å². The quantitative estimate of drug-likeness (QED) is 0.879. The predicted molar refractivity (Wildman–Crippen MR) is 56.5 cm³/mol. The molecule has 1 heterocycles. The minimum Gasteiger partial charge on any atom is -0.479 e. The number of halogens is 1. The molecule has 1 aromatic heterocycles. The SMILES string of the molecule is O=C(O)C(O)c1cc2c(Br)cccc2o1. The number of carboxylic acids is 1. The zero-order valence-electron chi connectivity index (χ0n) is 7.48. The summed E-state index contributed by atoms with van der Waals surface area (Å²) < 4.78 is 6.01. The van der Waals surface area contributed by atoms with Gasteiger partial charge in [-0.3, -0.25) is 0 Å². The summed E-state index contributed by atoms with van der Waals surface area (Å²) in [5.41, 5.74) is 0.541. The van der Waals surface area contributed by atoms with Gasteiger partial charge >= 0.3 is 5.97 Å². The number of benzene rings is 1. The van der Waals surface area contributed by atoms with Crippen LogP contribution in [-0.2, 0) is 4.79 Å². The first kappa shape index (κ1) is 10.2. The maximum atomic E-state index is 10.5. The summed E-state index contributed by atoms with van der Waals surface area (Å²) in [7, 11) is 0. The van der Waals surface area contributed by atoms with E-state index >= 15 is 0 Å². The molecule has 1 atom stereocenters. The molecule has 0 radical (unpaired) electrons. The summed E-state index contributed by atoms with van der Waals surface area (Å²) in [6.45, 7) is 0. The number of aliphatic hydroxyl groups is 1. The predicted octanol–water partition coefficient (Wildman–Crippen LogP) is 2.31. The standard InChI is InChI=1S/C10H7BrO4/c11-6-2-1-3-7-5(6)4-8(15-7)9(12)10(13)14/h1-4,9,12H,(H,13,14). The fourth-order valence-electron chi connectivity index (χ4n) is 1.30. The van der Waals surface area contributed by atoms with Gasteiger partial charge in [0.25, 0.3) is 0 Å². The van der Waals surface area contributed by atoms with E-state index in [0.717, 1.165) is 9.86 Å². The van der Waals surface area contributed by atoms with Gasteiger partial charge in [-0.05, 0) is 18.2 Å². The fourth-order valence-corrected chi connectivity index (χ4v) is 1.76. The van der Waals surface area contributed by atoms with Gasteiger partial charge in [-0.1, -0.05) is 22.0 Å². The Hall–Kier alpha value is -1.33. The summed E-state index contributed by atoms with van der Waals surface area (Å²) in [6.07, 6.45) is -1.62. The highest BCUT2D eigenvalue weighted by Gasteiger charge is 2.20. The minimum atomic E-state index is -1.62. The lowest BCUT2D eigenvalue weighted by Crippen LogP contribution is -2.09. The van der Waals surface area contributed by atoms with Crippen molar-refractivity contribution in [3.05, 3.63) is 34.5 Å². The minimum absolute atomic E-state index is 0.0319. The van der Waals surface area contributed by atoms with E-state index in [4.69, 9.17) is 9.52 Å². The van der Waals surface area contributed by atoms with E-state index in [1.54, 1.807) is 12.1 Å². The molecule has 0 aliphatic carbocycles. The molecular weight excluding hydrogens is 264 g/mol. The summed E-state index contributed by atoms with van der Waals surface area (Å²) >= 11 is 3.31. The number of aliphatic carboxylic acids is 1. The molecule has 15 heavy (non-hydrogen) atoms. The van der Waals surface area contributed by atoms with Gasteiger partial charge in [0.05, 0.1) is 0 Å². The summed E-state index contributed by atoms with van der Waals surface area (Å²) in [6, 6.07) is 6.80. The van der Waals surface area contributed by atoms with Gasteiger partial charge < -0.3 is 14.6 Å². The third-order valence-electron chi connectivity index (χ3n) is 2.03. The highest BCUT2D eigenvalue weighted by Crippen LogP contribution is 2.29. The number of carboxylic acid groups (broad SMARTS) is 1. The molecule has 2 aromatic rings. The molecule has 2 N–H and O–H groups in total. The van der Waals surface area contributed by atoms with E-state index in [9.17, 15) is 9.90 Å². The average molecular weight is 271 g/mol. The third kappa shape index (κ3) is 1.75. The lowest BCUT2D eigenvalue weighted by molar-refractivity contribution is -0.147. The molecule has 0 aliphatic heterocycles. The number of aliphatic hydroxyl groups excluding tert-OH is 1. The summed E-state index contributed by atoms with van der Waals surface area (Å²) in [5, 5.41) is 18.6. The second kappa shape index (κ2) is 3.67. The van der Waals surface area contributed by atoms with Crippen LogP contribution >= 0.6 is 15.9 Å². The molecule has 1 aromatic carbocycles. The van der Waals surface area contributed by atoms with Gasteiger partial charge in [-0.2, -0.15) is 0 Å². The van der Waals surface area contributed by atoms with Crippen LogP contribution in [0.2, 0.25) is 0 Å². The molecular formula is C10H7BrO4. The molecule has 0 amide bonds. The van der Waals surface area contributed by atoms with Gasteiger partial charge in [-0.15, -0.1) is 0 Å². The normalized spacial score (nSPS) is 12.9. The number of hydrogen-bond acceptors (Lipinski definition) is 3.